The summed E-state index contributed by atoms with van der Waals surface area (Å²) in [7, 11) is 0. The minimum atomic E-state index is -4.24. The molecule has 1 saturated heterocycles. The van der Waals surface area contributed by atoms with Gasteiger partial charge in [-0.3, -0.25) is 0 Å². The molecule has 1 aromatic rings. The van der Waals surface area contributed by atoms with Gasteiger partial charge in [0, 0.05) is 5.54 Å². The highest BCUT2D eigenvalue weighted by Gasteiger charge is 2.30. The summed E-state index contributed by atoms with van der Waals surface area (Å²) in [5, 5.41) is 3.52. The van der Waals surface area contributed by atoms with Crippen LogP contribution in [0.4, 0.5) is 13.2 Å². The van der Waals surface area contributed by atoms with E-state index in [-0.39, 0.29) is 5.54 Å². The standard InChI is InChI=1S/C15H20F3N/c1-14(9-2-3-11-19-14)10-8-12-4-6-13(7-5-12)15(16,17)18/h4-7,19H,2-3,8-11H2,1H3. The van der Waals surface area contributed by atoms with Crippen molar-refractivity contribution in [2.24, 2.45) is 0 Å². The number of aryl methyl sites for hydroxylation is 1. The van der Waals surface area contributed by atoms with Gasteiger partial charge in [-0.25, -0.2) is 0 Å². The van der Waals surface area contributed by atoms with E-state index in [2.05, 4.69) is 12.2 Å². The van der Waals surface area contributed by atoms with Gasteiger partial charge < -0.3 is 5.32 Å². The molecule has 0 saturated carbocycles. The van der Waals surface area contributed by atoms with Gasteiger partial charge in [0.05, 0.1) is 5.56 Å². The number of halogens is 3. The van der Waals surface area contributed by atoms with E-state index in [1.165, 1.54) is 25.0 Å². The zero-order valence-electron chi connectivity index (χ0n) is 11.2. The molecule has 106 valence electrons. The average Bonchev–Trinajstić information content (AvgIpc) is 2.37. The largest absolute Gasteiger partial charge is 0.416 e. The summed E-state index contributed by atoms with van der Waals surface area (Å²) in [5.41, 5.74) is 0.542. The van der Waals surface area contributed by atoms with Crippen LogP contribution >= 0.6 is 0 Å². The van der Waals surface area contributed by atoms with Crippen molar-refractivity contribution in [2.45, 2.75) is 50.7 Å². The summed E-state index contributed by atoms with van der Waals surface area (Å²) >= 11 is 0. The summed E-state index contributed by atoms with van der Waals surface area (Å²) < 4.78 is 37.3. The molecule has 4 heteroatoms. The van der Waals surface area contributed by atoms with Crippen LogP contribution in [0.5, 0.6) is 0 Å². The van der Waals surface area contributed by atoms with E-state index < -0.39 is 11.7 Å². The molecule has 1 nitrogen and oxygen atoms in total. The van der Waals surface area contributed by atoms with E-state index in [9.17, 15) is 13.2 Å². The summed E-state index contributed by atoms with van der Waals surface area (Å²) in [6, 6.07) is 5.53. The first kappa shape index (κ1) is 14.4. The third-order valence-electron chi connectivity index (χ3n) is 3.95. The molecule has 19 heavy (non-hydrogen) atoms. The Hall–Kier alpha value is -1.03. The van der Waals surface area contributed by atoms with Gasteiger partial charge >= 0.3 is 6.18 Å². The molecule has 1 unspecified atom stereocenters. The SMILES string of the molecule is CC1(CCc2ccc(C(F)(F)F)cc2)CCCCN1. The normalized spacial score (nSPS) is 24.4. The summed E-state index contributed by atoms with van der Waals surface area (Å²) in [5.74, 6) is 0. The molecule has 0 aliphatic carbocycles. The van der Waals surface area contributed by atoms with Crippen molar-refractivity contribution in [3.8, 4) is 0 Å². The summed E-state index contributed by atoms with van der Waals surface area (Å²) in [4.78, 5) is 0. The van der Waals surface area contributed by atoms with Gasteiger partial charge in [0.25, 0.3) is 0 Å². The van der Waals surface area contributed by atoms with E-state index in [1.54, 1.807) is 12.1 Å². The lowest BCUT2D eigenvalue weighted by Crippen LogP contribution is -2.46. The Morgan fingerprint density at radius 2 is 1.84 bits per heavy atom. The van der Waals surface area contributed by atoms with Crippen LogP contribution in [0, 0.1) is 0 Å². The maximum Gasteiger partial charge on any atom is 0.416 e. The number of hydrogen-bond donors (Lipinski definition) is 1. The van der Waals surface area contributed by atoms with Crippen LogP contribution in [0.25, 0.3) is 0 Å². The van der Waals surface area contributed by atoms with Gasteiger partial charge in [0.1, 0.15) is 0 Å². The smallest absolute Gasteiger partial charge is 0.312 e. The second-order valence-electron chi connectivity index (χ2n) is 5.64. The third kappa shape index (κ3) is 3.96. The number of nitrogens with one attached hydrogen (secondary N) is 1. The van der Waals surface area contributed by atoms with Crippen LogP contribution < -0.4 is 5.32 Å². The van der Waals surface area contributed by atoms with E-state index >= 15 is 0 Å². The first-order valence-corrected chi connectivity index (χ1v) is 6.80. The topological polar surface area (TPSA) is 12.0 Å². The van der Waals surface area contributed by atoms with Gasteiger partial charge in [-0.2, -0.15) is 13.2 Å². The molecule has 2 rings (SSSR count). The maximum atomic E-state index is 12.4. The monoisotopic (exact) mass is 271 g/mol. The van der Waals surface area contributed by atoms with Crippen molar-refractivity contribution in [2.75, 3.05) is 6.54 Å². The molecule has 0 bridgehead atoms. The predicted molar refractivity (Wildman–Crippen MR) is 70.0 cm³/mol. The Morgan fingerprint density at radius 1 is 1.16 bits per heavy atom. The molecule has 1 N–H and O–H groups in total. The van der Waals surface area contributed by atoms with Gasteiger partial charge in [-0.05, 0) is 56.8 Å². The Bertz CT molecular complexity index is 402. The van der Waals surface area contributed by atoms with Crippen molar-refractivity contribution in [3.63, 3.8) is 0 Å². The quantitative estimate of drug-likeness (QED) is 0.870. The van der Waals surface area contributed by atoms with E-state index in [0.29, 0.717) is 0 Å². The van der Waals surface area contributed by atoms with Gasteiger partial charge in [0.2, 0.25) is 0 Å². The first-order valence-electron chi connectivity index (χ1n) is 6.80. The molecule has 1 heterocycles. The minimum Gasteiger partial charge on any atom is -0.312 e. The third-order valence-corrected chi connectivity index (χ3v) is 3.95. The molecule has 1 aliphatic heterocycles. The lowest BCUT2D eigenvalue weighted by atomic mass is 9.85. The van der Waals surface area contributed by atoms with Crippen LogP contribution in [0.2, 0.25) is 0 Å². The predicted octanol–water partition coefficient (Wildman–Crippen LogP) is 4.17. The summed E-state index contributed by atoms with van der Waals surface area (Å²) in [6.07, 6.45) is 1.15. The van der Waals surface area contributed by atoms with Crippen LogP contribution in [0.1, 0.15) is 43.7 Å². The Labute approximate surface area is 112 Å². The molecular formula is C15H20F3N. The molecule has 1 aliphatic rings. The molecule has 1 aromatic carbocycles. The zero-order chi connectivity index (χ0) is 13.9. The first-order chi connectivity index (χ1) is 8.89. The van der Waals surface area contributed by atoms with Gasteiger partial charge in [-0.1, -0.05) is 18.6 Å². The van der Waals surface area contributed by atoms with Crippen LogP contribution in [-0.2, 0) is 12.6 Å². The van der Waals surface area contributed by atoms with Gasteiger partial charge in [0.15, 0.2) is 0 Å². The Kier molecular flexibility index (Phi) is 4.19. The van der Waals surface area contributed by atoms with Crippen LogP contribution in [0.15, 0.2) is 24.3 Å². The Morgan fingerprint density at radius 3 is 2.37 bits per heavy atom. The second-order valence-corrected chi connectivity index (χ2v) is 5.64. The number of alkyl halides is 3. The molecule has 0 spiro atoms. The molecule has 0 aromatic heterocycles. The van der Waals surface area contributed by atoms with E-state index in [4.69, 9.17) is 0 Å². The van der Waals surface area contributed by atoms with Crippen molar-refractivity contribution in [3.05, 3.63) is 35.4 Å². The van der Waals surface area contributed by atoms with E-state index in [1.807, 2.05) is 0 Å². The highest BCUT2D eigenvalue weighted by molar-refractivity contribution is 5.24. The van der Waals surface area contributed by atoms with Gasteiger partial charge in [-0.15, -0.1) is 0 Å². The highest BCUT2D eigenvalue weighted by Crippen LogP contribution is 2.30. The van der Waals surface area contributed by atoms with Crippen molar-refractivity contribution in [1.29, 1.82) is 0 Å². The van der Waals surface area contributed by atoms with E-state index in [0.717, 1.165) is 31.4 Å². The highest BCUT2D eigenvalue weighted by atomic mass is 19.4. The fourth-order valence-corrected chi connectivity index (χ4v) is 2.61. The lowest BCUT2D eigenvalue weighted by molar-refractivity contribution is -0.137. The second kappa shape index (κ2) is 5.53. The Balaban J connectivity index is 1.93. The van der Waals surface area contributed by atoms with Crippen molar-refractivity contribution in [1.82, 2.24) is 5.32 Å². The van der Waals surface area contributed by atoms with Crippen molar-refractivity contribution >= 4 is 0 Å². The fourth-order valence-electron chi connectivity index (χ4n) is 2.61. The molecule has 0 amide bonds. The summed E-state index contributed by atoms with van der Waals surface area (Å²) in [6.45, 7) is 3.25. The minimum absolute atomic E-state index is 0.140. The van der Waals surface area contributed by atoms with Crippen molar-refractivity contribution < 1.29 is 13.2 Å². The zero-order valence-corrected chi connectivity index (χ0v) is 11.2. The number of piperidine rings is 1. The average molecular weight is 271 g/mol. The molecule has 0 radical (unpaired) electrons. The number of hydrogen-bond acceptors (Lipinski definition) is 1. The molecular weight excluding hydrogens is 251 g/mol. The number of rotatable bonds is 3. The van der Waals surface area contributed by atoms with Crippen LogP contribution in [0.3, 0.4) is 0 Å². The van der Waals surface area contributed by atoms with Crippen LogP contribution in [-0.4, -0.2) is 12.1 Å². The number of benzene rings is 1. The lowest BCUT2D eigenvalue weighted by Gasteiger charge is -2.35. The maximum absolute atomic E-state index is 12.4. The molecule has 1 fully saturated rings. The fraction of sp³-hybridized carbons (Fsp3) is 0.600. The molecule has 1 atom stereocenters.